The average molecular weight is 657 g/mol. The maximum absolute atomic E-state index is 9.75. The van der Waals surface area contributed by atoms with Gasteiger partial charge in [-0.2, -0.15) is 5.26 Å². The van der Waals surface area contributed by atoms with Gasteiger partial charge in [-0.25, -0.2) is 4.99 Å². The third-order valence-electron chi connectivity index (χ3n) is 9.60. The van der Waals surface area contributed by atoms with E-state index in [2.05, 4.69) is 138 Å². The predicted molar refractivity (Wildman–Crippen MR) is 206 cm³/mol. The van der Waals surface area contributed by atoms with Crippen LogP contribution in [0.1, 0.15) is 34.6 Å². The van der Waals surface area contributed by atoms with Crippen molar-refractivity contribution < 1.29 is 4.42 Å². The Kier molecular flexibility index (Phi) is 7.70. The molecule has 2 heterocycles. The second kappa shape index (κ2) is 12.9. The number of hydrogen-bond acceptors (Lipinski definition) is 5. The average Bonchev–Trinajstić information content (AvgIpc) is 3.60. The summed E-state index contributed by atoms with van der Waals surface area (Å²) in [7, 11) is 0. The topological polar surface area (TPSA) is 73.3 Å². The number of nitrogens with one attached hydrogen (secondary N) is 2. The summed E-state index contributed by atoms with van der Waals surface area (Å²) in [6, 6.07) is 60.5. The summed E-state index contributed by atoms with van der Waals surface area (Å²) in [4.78, 5) is 5.30. The van der Waals surface area contributed by atoms with E-state index < -0.39 is 6.17 Å². The molecule has 1 aliphatic rings. The smallest absolute Gasteiger partial charge is 0.136 e. The van der Waals surface area contributed by atoms with E-state index in [1.807, 2.05) is 48.5 Å². The SMILES string of the molecule is N#Cc1cccc(-c2cc(C3N=C(c4ccc(-c5ccccc5)cc4)NC(c4ccc(-c5ccccc5)cc4)N3)cc3oc4ccccc4c23)c1. The van der Waals surface area contributed by atoms with Gasteiger partial charge >= 0.3 is 0 Å². The van der Waals surface area contributed by atoms with Gasteiger partial charge in [-0.05, 0) is 74.8 Å². The van der Waals surface area contributed by atoms with Gasteiger partial charge in [-0.15, -0.1) is 0 Å². The quantitative estimate of drug-likeness (QED) is 0.187. The molecule has 9 rings (SSSR count). The highest BCUT2D eigenvalue weighted by molar-refractivity contribution is 6.12. The summed E-state index contributed by atoms with van der Waals surface area (Å²) >= 11 is 0. The van der Waals surface area contributed by atoms with Crippen LogP contribution in [0.15, 0.2) is 179 Å². The standard InChI is InChI=1S/C46H32N4O/c47-29-30-10-9-15-37(26-30)40-27-38(28-42-43(40)39-16-7-8-17-41(39)51-42)46-49-44(35-22-18-33(19-23-35)31-11-3-1-4-12-31)48-45(50-46)36-24-20-34(21-25-36)32-13-5-2-6-14-32/h1-28,44,46,49H,(H,48,50). The lowest BCUT2D eigenvalue weighted by atomic mass is 9.95. The normalized spacial score (nSPS) is 15.6. The minimum atomic E-state index is -0.399. The van der Waals surface area contributed by atoms with Gasteiger partial charge < -0.3 is 9.73 Å². The Morgan fingerprint density at radius 2 is 1.14 bits per heavy atom. The molecule has 8 aromatic rings. The monoisotopic (exact) mass is 656 g/mol. The van der Waals surface area contributed by atoms with Gasteiger partial charge in [0.2, 0.25) is 0 Å². The first-order valence-corrected chi connectivity index (χ1v) is 17.1. The Hall–Kier alpha value is -6.74. The molecule has 0 spiro atoms. The van der Waals surface area contributed by atoms with Crippen LogP contribution in [-0.2, 0) is 0 Å². The molecule has 0 bridgehead atoms. The van der Waals surface area contributed by atoms with Gasteiger partial charge in [-0.1, -0.05) is 140 Å². The predicted octanol–water partition coefficient (Wildman–Crippen LogP) is 10.8. The highest BCUT2D eigenvalue weighted by Gasteiger charge is 2.27. The fourth-order valence-corrected chi connectivity index (χ4v) is 7.02. The summed E-state index contributed by atoms with van der Waals surface area (Å²) in [5.74, 6) is 0.799. The van der Waals surface area contributed by atoms with Crippen LogP contribution in [0, 0.1) is 11.3 Å². The zero-order chi connectivity index (χ0) is 34.1. The lowest BCUT2D eigenvalue weighted by molar-refractivity contribution is 0.409. The van der Waals surface area contributed by atoms with Gasteiger partial charge in [-0.3, -0.25) is 5.32 Å². The van der Waals surface area contributed by atoms with Crippen molar-refractivity contribution in [3.05, 3.63) is 192 Å². The van der Waals surface area contributed by atoms with Crippen LogP contribution < -0.4 is 10.6 Å². The van der Waals surface area contributed by atoms with E-state index in [0.717, 1.165) is 66.7 Å². The fraction of sp³-hybridized carbons (Fsp3) is 0.0435. The fourth-order valence-electron chi connectivity index (χ4n) is 7.02. The van der Waals surface area contributed by atoms with Gasteiger partial charge in [0, 0.05) is 16.3 Å². The van der Waals surface area contributed by atoms with E-state index in [1.54, 1.807) is 0 Å². The second-order valence-corrected chi connectivity index (χ2v) is 12.8. The molecule has 0 saturated heterocycles. The number of fused-ring (bicyclic) bond motifs is 3. The van der Waals surface area contributed by atoms with Gasteiger partial charge in [0.05, 0.1) is 11.6 Å². The largest absolute Gasteiger partial charge is 0.456 e. The first-order valence-electron chi connectivity index (χ1n) is 17.1. The van der Waals surface area contributed by atoms with Crippen molar-refractivity contribution in [3.8, 4) is 39.4 Å². The number of aliphatic imine (C=N–C) groups is 1. The van der Waals surface area contributed by atoms with Crippen molar-refractivity contribution in [2.45, 2.75) is 12.3 Å². The highest BCUT2D eigenvalue weighted by Crippen LogP contribution is 2.40. The number of furan rings is 1. The van der Waals surface area contributed by atoms with E-state index in [1.165, 1.54) is 11.1 Å². The van der Waals surface area contributed by atoms with E-state index in [4.69, 9.17) is 9.41 Å². The number of nitriles is 1. The molecule has 2 unspecified atom stereocenters. The first kappa shape index (κ1) is 30.3. The molecule has 51 heavy (non-hydrogen) atoms. The van der Waals surface area contributed by atoms with Crippen LogP contribution in [0.3, 0.4) is 0 Å². The maximum Gasteiger partial charge on any atom is 0.136 e. The molecule has 0 saturated carbocycles. The van der Waals surface area contributed by atoms with Crippen LogP contribution in [0.4, 0.5) is 0 Å². The highest BCUT2D eigenvalue weighted by atomic mass is 16.3. The summed E-state index contributed by atoms with van der Waals surface area (Å²) in [6.07, 6.45) is -0.623. The van der Waals surface area contributed by atoms with E-state index in [-0.39, 0.29) is 6.17 Å². The first-order chi connectivity index (χ1) is 25.2. The third kappa shape index (κ3) is 5.84. The number of benzene rings is 7. The number of hydrogen-bond donors (Lipinski definition) is 2. The van der Waals surface area contributed by atoms with Crippen LogP contribution in [0.25, 0.3) is 55.3 Å². The van der Waals surface area contributed by atoms with E-state index >= 15 is 0 Å². The summed E-state index contributed by atoms with van der Waals surface area (Å²) in [5.41, 5.74) is 11.9. The second-order valence-electron chi connectivity index (χ2n) is 12.8. The third-order valence-corrected chi connectivity index (χ3v) is 9.60. The van der Waals surface area contributed by atoms with Crippen molar-refractivity contribution in [3.63, 3.8) is 0 Å². The van der Waals surface area contributed by atoms with Crippen LogP contribution >= 0.6 is 0 Å². The number of para-hydroxylation sites is 1. The molecule has 5 nitrogen and oxygen atoms in total. The zero-order valence-corrected chi connectivity index (χ0v) is 27.6. The van der Waals surface area contributed by atoms with Gasteiger partial charge in [0.25, 0.3) is 0 Å². The molecule has 0 radical (unpaired) electrons. The van der Waals surface area contributed by atoms with Crippen molar-refractivity contribution in [1.29, 1.82) is 5.26 Å². The minimum Gasteiger partial charge on any atom is -0.456 e. The number of rotatable bonds is 6. The maximum atomic E-state index is 9.75. The molecule has 0 aliphatic carbocycles. The molecule has 2 N–H and O–H groups in total. The van der Waals surface area contributed by atoms with Gasteiger partial charge in [0.15, 0.2) is 0 Å². The van der Waals surface area contributed by atoms with Crippen molar-refractivity contribution in [2.75, 3.05) is 0 Å². The molecule has 2 atom stereocenters. The lowest BCUT2D eigenvalue weighted by Gasteiger charge is -2.32. The Morgan fingerprint density at radius 3 is 1.84 bits per heavy atom. The molecule has 0 amide bonds. The summed E-state index contributed by atoms with van der Waals surface area (Å²) < 4.78 is 6.48. The van der Waals surface area contributed by atoms with Gasteiger partial charge in [0.1, 0.15) is 29.3 Å². The van der Waals surface area contributed by atoms with Crippen LogP contribution in [-0.4, -0.2) is 5.84 Å². The number of nitrogens with zero attached hydrogens (tertiary/aromatic N) is 2. The van der Waals surface area contributed by atoms with E-state index in [9.17, 15) is 5.26 Å². The minimum absolute atomic E-state index is 0.224. The van der Waals surface area contributed by atoms with Crippen molar-refractivity contribution in [2.24, 2.45) is 4.99 Å². The molecule has 1 aromatic heterocycles. The molecule has 0 fully saturated rings. The molecule has 7 aromatic carbocycles. The molecular formula is C46H32N4O. The molecular weight excluding hydrogens is 625 g/mol. The Morgan fingerprint density at radius 1 is 0.529 bits per heavy atom. The molecule has 242 valence electrons. The molecule has 5 heteroatoms. The van der Waals surface area contributed by atoms with E-state index in [0.29, 0.717) is 5.56 Å². The Labute approximate surface area is 296 Å². The lowest BCUT2D eigenvalue weighted by Crippen LogP contribution is -2.44. The zero-order valence-electron chi connectivity index (χ0n) is 27.6. The van der Waals surface area contributed by atoms with Crippen LogP contribution in [0.5, 0.6) is 0 Å². The Bertz CT molecular complexity index is 2580. The van der Waals surface area contributed by atoms with Crippen molar-refractivity contribution >= 4 is 27.8 Å². The van der Waals surface area contributed by atoms with Crippen molar-refractivity contribution in [1.82, 2.24) is 10.6 Å². The Balaban J connectivity index is 1.17. The summed E-state index contributed by atoms with van der Waals surface area (Å²) in [6.45, 7) is 0. The van der Waals surface area contributed by atoms with Crippen LogP contribution in [0.2, 0.25) is 0 Å². The number of amidine groups is 1. The summed E-state index contributed by atoms with van der Waals surface area (Å²) in [5, 5.41) is 19.3. The molecule has 1 aliphatic heterocycles.